The first-order valence-corrected chi connectivity index (χ1v) is 10.1. The summed E-state index contributed by atoms with van der Waals surface area (Å²) >= 11 is 7.56. The van der Waals surface area contributed by atoms with Crippen LogP contribution in [0.3, 0.4) is 0 Å². The van der Waals surface area contributed by atoms with Crippen molar-refractivity contribution in [3.8, 4) is 11.3 Å². The minimum Gasteiger partial charge on any atom is -0.339 e. The number of halogens is 1. The van der Waals surface area contributed by atoms with Gasteiger partial charge in [-0.1, -0.05) is 53.6 Å². The molecule has 27 heavy (non-hydrogen) atoms. The predicted octanol–water partition coefficient (Wildman–Crippen LogP) is 5.84. The fourth-order valence-corrected chi connectivity index (χ4v) is 4.04. The molecule has 3 aromatic rings. The van der Waals surface area contributed by atoms with E-state index >= 15 is 0 Å². The lowest BCUT2D eigenvalue weighted by molar-refractivity contribution is -0.131. The molecule has 0 bridgehead atoms. The summed E-state index contributed by atoms with van der Waals surface area (Å²) in [5.74, 6) is 0.0782. The van der Waals surface area contributed by atoms with E-state index in [1.807, 2.05) is 45.2 Å². The van der Waals surface area contributed by atoms with E-state index in [0.29, 0.717) is 11.4 Å². The average molecular weight is 399 g/mol. The van der Waals surface area contributed by atoms with Gasteiger partial charge in [-0.2, -0.15) is 0 Å². The Morgan fingerprint density at radius 3 is 2.37 bits per heavy atom. The van der Waals surface area contributed by atoms with Gasteiger partial charge in [0.2, 0.25) is 5.91 Å². The summed E-state index contributed by atoms with van der Waals surface area (Å²) in [4.78, 5) is 20.4. The Bertz CT molecular complexity index is 932. The van der Waals surface area contributed by atoms with Crippen LogP contribution < -0.4 is 0 Å². The average Bonchev–Trinajstić information content (AvgIpc) is 3.01. The number of amides is 1. The number of thiazole rings is 1. The van der Waals surface area contributed by atoms with Crippen LogP contribution in [-0.4, -0.2) is 22.8 Å². The maximum absolute atomic E-state index is 12.9. The zero-order valence-corrected chi connectivity index (χ0v) is 17.6. The SMILES string of the molecule is Cc1ccc(-c2nc(C)sc2CC(=O)N(C)C(C)c2ccc(Cl)cc2)cc1. The highest BCUT2D eigenvalue weighted by molar-refractivity contribution is 7.12. The number of hydrogen-bond donors (Lipinski definition) is 0. The van der Waals surface area contributed by atoms with Gasteiger partial charge in [-0.3, -0.25) is 4.79 Å². The Kier molecular flexibility index (Phi) is 5.98. The van der Waals surface area contributed by atoms with Crippen LogP contribution in [0.4, 0.5) is 0 Å². The monoisotopic (exact) mass is 398 g/mol. The lowest BCUT2D eigenvalue weighted by atomic mass is 10.1. The molecule has 1 atom stereocenters. The van der Waals surface area contributed by atoms with E-state index in [1.165, 1.54) is 5.56 Å². The molecular formula is C22H23ClN2OS. The molecule has 1 aromatic heterocycles. The van der Waals surface area contributed by atoms with E-state index < -0.39 is 0 Å². The van der Waals surface area contributed by atoms with E-state index in [-0.39, 0.29) is 11.9 Å². The zero-order valence-electron chi connectivity index (χ0n) is 16.0. The van der Waals surface area contributed by atoms with E-state index in [1.54, 1.807) is 16.2 Å². The van der Waals surface area contributed by atoms with Crippen LogP contribution in [0, 0.1) is 13.8 Å². The van der Waals surface area contributed by atoms with Gasteiger partial charge in [0.1, 0.15) is 0 Å². The Balaban J connectivity index is 1.79. The summed E-state index contributed by atoms with van der Waals surface area (Å²) in [5.41, 5.74) is 4.24. The molecule has 1 heterocycles. The Morgan fingerprint density at radius 1 is 1.11 bits per heavy atom. The van der Waals surface area contributed by atoms with Gasteiger partial charge in [-0.25, -0.2) is 4.98 Å². The number of nitrogens with zero attached hydrogens (tertiary/aromatic N) is 2. The zero-order chi connectivity index (χ0) is 19.6. The first-order valence-electron chi connectivity index (χ1n) is 8.89. The predicted molar refractivity (Wildman–Crippen MR) is 113 cm³/mol. The lowest BCUT2D eigenvalue weighted by Crippen LogP contribution is -2.30. The third-order valence-corrected chi connectivity index (χ3v) is 5.99. The molecule has 0 N–H and O–H groups in total. The molecular weight excluding hydrogens is 376 g/mol. The summed E-state index contributed by atoms with van der Waals surface area (Å²) in [6.45, 7) is 6.07. The molecule has 1 amide bonds. The van der Waals surface area contributed by atoms with Crippen molar-refractivity contribution >= 4 is 28.8 Å². The standard InChI is InChI=1S/C22H23ClN2OS/c1-14-5-7-18(8-6-14)22-20(27-16(3)24-22)13-21(26)25(4)15(2)17-9-11-19(23)12-10-17/h5-12,15H,13H2,1-4H3. The highest BCUT2D eigenvalue weighted by Crippen LogP contribution is 2.30. The molecule has 1 unspecified atom stereocenters. The Morgan fingerprint density at radius 2 is 1.74 bits per heavy atom. The molecule has 5 heteroatoms. The molecule has 0 aliphatic carbocycles. The van der Waals surface area contributed by atoms with Crippen molar-refractivity contribution in [2.75, 3.05) is 7.05 Å². The molecule has 0 fully saturated rings. The topological polar surface area (TPSA) is 33.2 Å². The summed E-state index contributed by atoms with van der Waals surface area (Å²) in [7, 11) is 1.85. The molecule has 0 aliphatic heterocycles. The van der Waals surface area contributed by atoms with Gasteiger partial charge in [0.25, 0.3) is 0 Å². The number of likely N-dealkylation sites (N-methyl/N-ethyl adjacent to an activating group) is 1. The quantitative estimate of drug-likeness (QED) is 0.540. The number of rotatable bonds is 5. The van der Waals surface area contributed by atoms with Crippen LogP contribution in [0.2, 0.25) is 5.02 Å². The normalized spacial score (nSPS) is 12.0. The molecule has 140 valence electrons. The number of aryl methyl sites for hydroxylation is 2. The molecule has 0 saturated heterocycles. The molecule has 0 spiro atoms. The molecule has 0 aliphatic rings. The highest BCUT2D eigenvalue weighted by Gasteiger charge is 2.21. The van der Waals surface area contributed by atoms with E-state index in [0.717, 1.165) is 26.7 Å². The second kappa shape index (κ2) is 8.24. The summed E-state index contributed by atoms with van der Waals surface area (Å²) in [6, 6.07) is 15.9. The van der Waals surface area contributed by atoms with Crippen molar-refractivity contribution in [1.82, 2.24) is 9.88 Å². The lowest BCUT2D eigenvalue weighted by Gasteiger charge is -2.25. The third kappa shape index (κ3) is 4.57. The molecule has 3 rings (SSSR count). The summed E-state index contributed by atoms with van der Waals surface area (Å²) in [6.07, 6.45) is 0.350. The van der Waals surface area contributed by atoms with Gasteiger partial charge in [-0.15, -0.1) is 11.3 Å². The maximum Gasteiger partial charge on any atom is 0.228 e. The van der Waals surface area contributed by atoms with Crippen molar-refractivity contribution in [2.45, 2.75) is 33.2 Å². The first-order chi connectivity index (χ1) is 12.8. The largest absolute Gasteiger partial charge is 0.339 e. The van der Waals surface area contributed by atoms with Crippen molar-refractivity contribution in [1.29, 1.82) is 0 Å². The van der Waals surface area contributed by atoms with Gasteiger partial charge < -0.3 is 4.90 Å². The van der Waals surface area contributed by atoms with E-state index in [4.69, 9.17) is 11.6 Å². The summed E-state index contributed by atoms with van der Waals surface area (Å²) < 4.78 is 0. The Labute approximate surface area is 169 Å². The second-order valence-corrected chi connectivity index (χ2v) is 8.50. The fraction of sp³-hybridized carbons (Fsp3) is 0.273. The number of hydrogen-bond acceptors (Lipinski definition) is 3. The molecule has 2 aromatic carbocycles. The number of carbonyl (C=O) groups is 1. The van der Waals surface area contributed by atoms with Crippen molar-refractivity contribution in [3.05, 3.63) is 74.6 Å². The Hall–Kier alpha value is -2.17. The van der Waals surface area contributed by atoms with Crippen molar-refractivity contribution in [3.63, 3.8) is 0 Å². The number of carbonyl (C=O) groups excluding carboxylic acids is 1. The van der Waals surface area contributed by atoms with Crippen LogP contribution >= 0.6 is 22.9 Å². The maximum atomic E-state index is 12.9. The number of aromatic nitrogens is 1. The second-order valence-electron chi connectivity index (χ2n) is 6.78. The minimum atomic E-state index is -0.0217. The molecule has 0 radical (unpaired) electrons. The van der Waals surface area contributed by atoms with E-state index in [9.17, 15) is 4.79 Å². The van der Waals surface area contributed by atoms with Crippen LogP contribution in [0.1, 0.15) is 34.0 Å². The van der Waals surface area contributed by atoms with Crippen LogP contribution in [0.15, 0.2) is 48.5 Å². The van der Waals surface area contributed by atoms with Crippen LogP contribution in [0.25, 0.3) is 11.3 Å². The third-order valence-electron chi connectivity index (χ3n) is 4.77. The van der Waals surface area contributed by atoms with Gasteiger partial charge in [-0.05, 0) is 38.5 Å². The smallest absolute Gasteiger partial charge is 0.228 e. The van der Waals surface area contributed by atoms with Gasteiger partial charge in [0.05, 0.1) is 23.2 Å². The minimum absolute atomic E-state index is 0.0217. The number of benzene rings is 2. The fourth-order valence-electron chi connectivity index (χ4n) is 2.97. The summed E-state index contributed by atoms with van der Waals surface area (Å²) in [5, 5.41) is 1.67. The van der Waals surface area contributed by atoms with Crippen LogP contribution in [0.5, 0.6) is 0 Å². The van der Waals surface area contributed by atoms with Crippen molar-refractivity contribution < 1.29 is 4.79 Å². The first kappa shape index (κ1) is 19.6. The van der Waals surface area contributed by atoms with Gasteiger partial charge in [0, 0.05) is 22.5 Å². The van der Waals surface area contributed by atoms with E-state index in [2.05, 4.69) is 36.2 Å². The molecule has 0 saturated carbocycles. The van der Waals surface area contributed by atoms with Gasteiger partial charge >= 0.3 is 0 Å². The highest BCUT2D eigenvalue weighted by atomic mass is 35.5. The molecule has 3 nitrogen and oxygen atoms in total. The van der Waals surface area contributed by atoms with Crippen LogP contribution in [-0.2, 0) is 11.2 Å². The van der Waals surface area contributed by atoms with Crippen molar-refractivity contribution in [2.24, 2.45) is 0 Å². The van der Waals surface area contributed by atoms with Gasteiger partial charge in [0.15, 0.2) is 0 Å².